The second-order valence-corrected chi connectivity index (χ2v) is 3.82. The molecule has 13 heavy (non-hydrogen) atoms. The van der Waals surface area contributed by atoms with E-state index < -0.39 is 0 Å². The Kier molecular flexibility index (Phi) is 4.83. The maximum absolute atomic E-state index is 11.0. The lowest BCUT2D eigenvalue weighted by molar-refractivity contribution is -0.120. The first-order chi connectivity index (χ1) is 6.33. The standard InChI is InChI=1S/C10H20N2O/c1-11-8-10(13)12-7-6-9-4-2-3-5-9/h9,11H,2-8H2,1H3,(H,12,13). The summed E-state index contributed by atoms with van der Waals surface area (Å²) >= 11 is 0. The highest BCUT2D eigenvalue weighted by Gasteiger charge is 2.14. The van der Waals surface area contributed by atoms with E-state index in [-0.39, 0.29) is 5.91 Å². The first-order valence-electron chi connectivity index (χ1n) is 5.24. The summed E-state index contributed by atoms with van der Waals surface area (Å²) in [4.78, 5) is 11.0. The summed E-state index contributed by atoms with van der Waals surface area (Å²) in [7, 11) is 1.79. The van der Waals surface area contributed by atoms with Crippen molar-refractivity contribution >= 4 is 5.91 Å². The predicted octanol–water partition coefficient (Wildman–Crippen LogP) is 0.902. The van der Waals surface area contributed by atoms with E-state index in [1.54, 1.807) is 7.05 Å². The summed E-state index contributed by atoms with van der Waals surface area (Å²) in [5.74, 6) is 0.982. The van der Waals surface area contributed by atoms with E-state index >= 15 is 0 Å². The van der Waals surface area contributed by atoms with Gasteiger partial charge in [-0.15, -0.1) is 0 Å². The second kappa shape index (κ2) is 5.97. The van der Waals surface area contributed by atoms with E-state index in [2.05, 4.69) is 10.6 Å². The highest BCUT2D eigenvalue weighted by Crippen LogP contribution is 2.26. The van der Waals surface area contributed by atoms with Crippen molar-refractivity contribution in [1.82, 2.24) is 10.6 Å². The van der Waals surface area contributed by atoms with Gasteiger partial charge in [0.25, 0.3) is 0 Å². The highest BCUT2D eigenvalue weighted by atomic mass is 16.1. The van der Waals surface area contributed by atoms with Gasteiger partial charge in [-0.05, 0) is 19.4 Å². The zero-order valence-electron chi connectivity index (χ0n) is 8.44. The van der Waals surface area contributed by atoms with Crippen LogP contribution in [0.1, 0.15) is 32.1 Å². The molecule has 0 radical (unpaired) electrons. The number of rotatable bonds is 5. The van der Waals surface area contributed by atoms with Gasteiger partial charge < -0.3 is 10.6 Å². The van der Waals surface area contributed by atoms with E-state index in [9.17, 15) is 4.79 Å². The van der Waals surface area contributed by atoms with Gasteiger partial charge >= 0.3 is 0 Å². The molecule has 0 aromatic rings. The number of hydrogen-bond acceptors (Lipinski definition) is 2. The molecule has 3 heteroatoms. The first kappa shape index (κ1) is 10.5. The maximum Gasteiger partial charge on any atom is 0.233 e. The molecule has 1 saturated carbocycles. The fraction of sp³-hybridized carbons (Fsp3) is 0.900. The van der Waals surface area contributed by atoms with E-state index in [0.29, 0.717) is 6.54 Å². The van der Waals surface area contributed by atoms with Gasteiger partial charge in [-0.1, -0.05) is 25.7 Å². The van der Waals surface area contributed by atoms with E-state index in [1.807, 2.05) is 0 Å². The minimum absolute atomic E-state index is 0.112. The van der Waals surface area contributed by atoms with Gasteiger partial charge in [0.2, 0.25) is 5.91 Å². The van der Waals surface area contributed by atoms with Crippen LogP contribution in [0.25, 0.3) is 0 Å². The number of nitrogens with one attached hydrogen (secondary N) is 2. The van der Waals surface area contributed by atoms with Crippen molar-refractivity contribution < 1.29 is 4.79 Å². The number of carbonyl (C=O) groups is 1. The third-order valence-electron chi connectivity index (χ3n) is 2.69. The molecule has 0 heterocycles. The van der Waals surface area contributed by atoms with Crippen molar-refractivity contribution in [1.29, 1.82) is 0 Å². The van der Waals surface area contributed by atoms with Crippen LogP contribution < -0.4 is 10.6 Å². The Labute approximate surface area is 80.3 Å². The van der Waals surface area contributed by atoms with Gasteiger partial charge in [-0.3, -0.25) is 4.79 Å². The van der Waals surface area contributed by atoms with Crippen LogP contribution in [0, 0.1) is 5.92 Å². The fourth-order valence-electron chi connectivity index (χ4n) is 1.94. The van der Waals surface area contributed by atoms with Crippen molar-refractivity contribution in [2.24, 2.45) is 5.92 Å². The summed E-state index contributed by atoms with van der Waals surface area (Å²) in [5.41, 5.74) is 0. The lowest BCUT2D eigenvalue weighted by Crippen LogP contribution is -2.33. The molecule has 0 atom stereocenters. The third-order valence-corrected chi connectivity index (χ3v) is 2.69. The van der Waals surface area contributed by atoms with E-state index in [0.717, 1.165) is 18.9 Å². The molecule has 0 unspecified atom stereocenters. The Bertz CT molecular complexity index is 153. The van der Waals surface area contributed by atoms with Crippen LogP contribution in [-0.2, 0) is 4.79 Å². The molecule has 0 aliphatic heterocycles. The average molecular weight is 184 g/mol. The topological polar surface area (TPSA) is 41.1 Å². The molecule has 3 nitrogen and oxygen atoms in total. The van der Waals surface area contributed by atoms with Gasteiger partial charge in [-0.25, -0.2) is 0 Å². The first-order valence-corrected chi connectivity index (χ1v) is 5.24. The molecule has 1 fully saturated rings. The number of amides is 1. The van der Waals surface area contributed by atoms with E-state index in [4.69, 9.17) is 0 Å². The molecule has 1 amide bonds. The molecule has 0 spiro atoms. The molecule has 2 N–H and O–H groups in total. The van der Waals surface area contributed by atoms with Crippen LogP contribution in [0.4, 0.5) is 0 Å². The minimum atomic E-state index is 0.112. The summed E-state index contributed by atoms with van der Waals surface area (Å²) in [5, 5.41) is 5.74. The van der Waals surface area contributed by atoms with Gasteiger partial charge in [0.1, 0.15) is 0 Å². The van der Waals surface area contributed by atoms with Gasteiger partial charge in [-0.2, -0.15) is 0 Å². The quantitative estimate of drug-likeness (QED) is 0.666. The number of carbonyl (C=O) groups excluding carboxylic acids is 1. The Balaban J connectivity index is 1.96. The van der Waals surface area contributed by atoms with Crippen LogP contribution in [0.2, 0.25) is 0 Å². The number of likely N-dealkylation sites (N-methyl/N-ethyl adjacent to an activating group) is 1. The Hall–Kier alpha value is -0.570. The molecule has 0 bridgehead atoms. The normalized spacial score (nSPS) is 17.6. The van der Waals surface area contributed by atoms with Crippen LogP contribution in [0.15, 0.2) is 0 Å². The molecule has 0 saturated heterocycles. The Morgan fingerprint density at radius 2 is 2.08 bits per heavy atom. The van der Waals surface area contributed by atoms with Gasteiger partial charge in [0.15, 0.2) is 0 Å². The lowest BCUT2D eigenvalue weighted by Gasteiger charge is -2.09. The molecular weight excluding hydrogens is 164 g/mol. The summed E-state index contributed by atoms with van der Waals surface area (Å²) in [6, 6.07) is 0. The van der Waals surface area contributed by atoms with Crippen LogP contribution in [0.5, 0.6) is 0 Å². The zero-order valence-corrected chi connectivity index (χ0v) is 8.44. The second-order valence-electron chi connectivity index (χ2n) is 3.82. The number of hydrogen-bond donors (Lipinski definition) is 2. The average Bonchev–Trinajstić information content (AvgIpc) is 2.57. The highest BCUT2D eigenvalue weighted by molar-refractivity contribution is 5.77. The monoisotopic (exact) mass is 184 g/mol. The molecule has 0 aromatic carbocycles. The van der Waals surface area contributed by atoms with Gasteiger partial charge in [0.05, 0.1) is 6.54 Å². The van der Waals surface area contributed by atoms with Crippen molar-refractivity contribution in [3.63, 3.8) is 0 Å². The minimum Gasteiger partial charge on any atom is -0.355 e. The van der Waals surface area contributed by atoms with Crippen LogP contribution >= 0.6 is 0 Å². The predicted molar refractivity (Wildman–Crippen MR) is 53.5 cm³/mol. The lowest BCUT2D eigenvalue weighted by atomic mass is 10.0. The summed E-state index contributed by atoms with van der Waals surface area (Å²) in [6.45, 7) is 1.29. The molecule has 1 aliphatic rings. The Morgan fingerprint density at radius 1 is 1.38 bits per heavy atom. The third kappa shape index (κ3) is 4.27. The van der Waals surface area contributed by atoms with Crippen molar-refractivity contribution in [2.45, 2.75) is 32.1 Å². The smallest absolute Gasteiger partial charge is 0.233 e. The molecule has 0 aromatic heterocycles. The zero-order chi connectivity index (χ0) is 9.52. The molecule has 1 rings (SSSR count). The largest absolute Gasteiger partial charge is 0.355 e. The fourth-order valence-corrected chi connectivity index (χ4v) is 1.94. The molecule has 1 aliphatic carbocycles. The van der Waals surface area contributed by atoms with Crippen LogP contribution in [0.3, 0.4) is 0 Å². The Morgan fingerprint density at radius 3 is 2.69 bits per heavy atom. The maximum atomic E-state index is 11.0. The summed E-state index contributed by atoms with van der Waals surface area (Å²) in [6.07, 6.45) is 6.66. The van der Waals surface area contributed by atoms with Gasteiger partial charge in [0, 0.05) is 6.54 Å². The van der Waals surface area contributed by atoms with Crippen molar-refractivity contribution in [3.05, 3.63) is 0 Å². The van der Waals surface area contributed by atoms with E-state index in [1.165, 1.54) is 25.7 Å². The summed E-state index contributed by atoms with van der Waals surface area (Å²) < 4.78 is 0. The SMILES string of the molecule is CNCC(=O)NCCC1CCCC1. The van der Waals surface area contributed by atoms with Crippen molar-refractivity contribution in [2.75, 3.05) is 20.1 Å². The van der Waals surface area contributed by atoms with Crippen LogP contribution in [-0.4, -0.2) is 26.0 Å². The molecular formula is C10H20N2O. The van der Waals surface area contributed by atoms with Crippen molar-refractivity contribution in [3.8, 4) is 0 Å². The molecule has 76 valence electrons.